The van der Waals surface area contributed by atoms with E-state index in [4.69, 9.17) is 0 Å². The Bertz CT molecular complexity index is 1750. The number of nitrogens with one attached hydrogen (secondary N) is 6. The van der Waals surface area contributed by atoms with Gasteiger partial charge in [0, 0.05) is 20.8 Å². The SMILES string of the molecule is Cc1[nH]cc[nH+]1.Cc1[nH]cc[nH+]1.Cc1[nH]cc[nH+]1.O=S(=O)([O-])c1ccc2c(S(=O)(=O)[O-])cc(S(=O)(=O)[O-])cc2c1. The Labute approximate surface area is 230 Å². The molecule has 0 radical (unpaired) electrons. The molecular formula is C22H26N6O9S3. The fourth-order valence-corrected chi connectivity index (χ4v) is 4.76. The molecule has 0 amide bonds. The number of aromatic nitrogens is 6. The van der Waals surface area contributed by atoms with Crippen LogP contribution in [-0.2, 0) is 30.4 Å². The number of imidazole rings is 3. The zero-order valence-electron chi connectivity index (χ0n) is 21.2. The molecule has 0 unspecified atom stereocenters. The summed E-state index contributed by atoms with van der Waals surface area (Å²) in [5.41, 5.74) is 0. The normalized spacial score (nSPS) is 11.3. The van der Waals surface area contributed by atoms with Crippen molar-refractivity contribution in [2.45, 2.75) is 35.5 Å². The highest BCUT2D eigenvalue weighted by Gasteiger charge is 2.14. The molecule has 0 aliphatic carbocycles. The third kappa shape index (κ3) is 10.3. The van der Waals surface area contributed by atoms with Gasteiger partial charge < -0.3 is 13.7 Å². The molecule has 0 saturated heterocycles. The Hall–Kier alpha value is -3.94. The first-order chi connectivity index (χ1) is 18.5. The van der Waals surface area contributed by atoms with E-state index in [0.29, 0.717) is 18.2 Å². The summed E-state index contributed by atoms with van der Waals surface area (Å²) in [6.45, 7) is 5.92. The van der Waals surface area contributed by atoms with Crippen molar-refractivity contribution in [2.24, 2.45) is 0 Å². The first-order valence-electron chi connectivity index (χ1n) is 11.0. The topological polar surface area (TPSA) is 261 Å². The summed E-state index contributed by atoms with van der Waals surface area (Å²) in [5, 5.41) is -0.668. The van der Waals surface area contributed by atoms with Crippen LogP contribution in [0.3, 0.4) is 0 Å². The maximum absolute atomic E-state index is 11.2. The molecule has 3 aromatic heterocycles. The lowest BCUT2D eigenvalue weighted by molar-refractivity contribution is -0.385. The maximum Gasteiger partial charge on any atom is 0.248 e. The van der Waals surface area contributed by atoms with E-state index >= 15 is 0 Å². The van der Waals surface area contributed by atoms with E-state index in [0.717, 1.165) is 29.6 Å². The van der Waals surface area contributed by atoms with Crippen molar-refractivity contribution in [3.05, 3.63) is 85.0 Å². The van der Waals surface area contributed by atoms with Gasteiger partial charge in [-0.15, -0.1) is 0 Å². The van der Waals surface area contributed by atoms with Gasteiger partial charge in [0.25, 0.3) is 0 Å². The van der Waals surface area contributed by atoms with Gasteiger partial charge in [-0.05, 0) is 35.0 Å². The van der Waals surface area contributed by atoms with E-state index in [2.05, 4.69) is 29.9 Å². The molecule has 0 atom stereocenters. The summed E-state index contributed by atoms with van der Waals surface area (Å²) < 4.78 is 99.3. The molecule has 18 heteroatoms. The highest BCUT2D eigenvalue weighted by Crippen LogP contribution is 2.29. The Morgan fingerprint density at radius 1 is 0.575 bits per heavy atom. The molecular weight excluding hydrogens is 588 g/mol. The van der Waals surface area contributed by atoms with Crippen molar-refractivity contribution in [1.82, 2.24) is 15.0 Å². The predicted octanol–water partition coefficient (Wildman–Crippen LogP) is -0.0362. The summed E-state index contributed by atoms with van der Waals surface area (Å²) >= 11 is 0. The van der Waals surface area contributed by atoms with Gasteiger partial charge in [0.2, 0.25) is 17.5 Å². The number of hydrogen-bond donors (Lipinski definition) is 3. The molecule has 0 aliphatic rings. The average molecular weight is 615 g/mol. The van der Waals surface area contributed by atoms with Gasteiger partial charge in [-0.25, -0.2) is 55.2 Å². The number of fused-ring (bicyclic) bond motifs is 1. The minimum absolute atomic E-state index is 0.310. The second-order valence-corrected chi connectivity index (χ2v) is 12.0. The van der Waals surface area contributed by atoms with E-state index in [1.807, 2.05) is 58.0 Å². The van der Waals surface area contributed by atoms with Crippen molar-refractivity contribution in [3.8, 4) is 0 Å². The molecule has 0 fully saturated rings. The highest BCUT2D eigenvalue weighted by molar-refractivity contribution is 7.86. The van der Waals surface area contributed by atoms with Crippen LogP contribution in [0.1, 0.15) is 17.5 Å². The first-order valence-corrected chi connectivity index (χ1v) is 15.2. The zero-order valence-corrected chi connectivity index (χ0v) is 23.7. The van der Waals surface area contributed by atoms with E-state index in [-0.39, 0.29) is 10.8 Å². The number of aryl methyl sites for hydroxylation is 3. The summed E-state index contributed by atoms with van der Waals surface area (Å²) in [5.74, 6) is 3.28. The van der Waals surface area contributed by atoms with E-state index in [9.17, 15) is 38.9 Å². The summed E-state index contributed by atoms with van der Waals surface area (Å²) in [6, 6.07) is 3.39. The third-order valence-electron chi connectivity index (χ3n) is 4.76. The number of hydrogen-bond acceptors (Lipinski definition) is 9. The summed E-state index contributed by atoms with van der Waals surface area (Å²) in [4.78, 5) is 14.9. The number of benzene rings is 2. The second-order valence-electron chi connectivity index (χ2n) is 7.91. The molecule has 5 rings (SSSR count). The lowest BCUT2D eigenvalue weighted by Gasteiger charge is -2.16. The molecule has 0 saturated carbocycles. The van der Waals surface area contributed by atoms with Crippen LogP contribution in [-0.4, -0.2) is 53.9 Å². The van der Waals surface area contributed by atoms with Crippen LogP contribution in [0.4, 0.5) is 0 Å². The van der Waals surface area contributed by atoms with Crippen LogP contribution in [0.25, 0.3) is 10.8 Å². The Morgan fingerprint density at radius 2 is 0.975 bits per heavy atom. The fraction of sp³-hybridized carbons (Fsp3) is 0.136. The fourth-order valence-electron chi connectivity index (χ4n) is 2.92. The molecule has 0 spiro atoms. The van der Waals surface area contributed by atoms with Crippen LogP contribution < -0.4 is 15.0 Å². The average Bonchev–Trinajstić information content (AvgIpc) is 3.63. The molecule has 3 heterocycles. The minimum Gasteiger partial charge on any atom is -0.744 e. The van der Waals surface area contributed by atoms with Crippen LogP contribution >= 0.6 is 0 Å². The maximum atomic E-state index is 11.2. The predicted molar refractivity (Wildman–Crippen MR) is 134 cm³/mol. The molecule has 2 aromatic carbocycles. The van der Waals surface area contributed by atoms with Crippen molar-refractivity contribution in [2.75, 3.05) is 0 Å². The molecule has 5 aromatic rings. The van der Waals surface area contributed by atoms with Crippen LogP contribution in [0.2, 0.25) is 0 Å². The molecule has 0 bridgehead atoms. The number of H-pyrrole nitrogens is 6. The van der Waals surface area contributed by atoms with Crippen molar-refractivity contribution in [3.63, 3.8) is 0 Å². The Balaban J connectivity index is 0.000000247. The van der Waals surface area contributed by atoms with Gasteiger partial charge in [0.05, 0.1) is 14.7 Å². The summed E-state index contributed by atoms with van der Waals surface area (Å²) in [7, 11) is -15.1. The van der Waals surface area contributed by atoms with Gasteiger partial charge in [0.15, 0.2) is 0 Å². The van der Waals surface area contributed by atoms with E-state index < -0.39 is 45.0 Å². The number of aromatic amines is 6. The third-order valence-corrected chi connectivity index (χ3v) is 7.28. The smallest absolute Gasteiger partial charge is 0.248 e. The van der Waals surface area contributed by atoms with Crippen molar-refractivity contribution < 1.29 is 53.9 Å². The lowest BCUT2D eigenvalue weighted by atomic mass is 10.1. The monoisotopic (exact) mass is 614 g/mol. The van der Waals surface area contributed by atoms with Crippen molar-refractivity contribution >= 4 is 41.1 Å². The van der Waals surface area contributed by atoms with Gasteiger partial charge in [-0.2, -0.15) is 0 Å². The summed E-state index contributed by atoms with van der Waals surface area (Å²) in [6.07, 6.45) is 11.1. The minimum atomic E-state index is -5.14. The van der Waals surface area contributed by atoms with Gasteiger partial charge >= 0.3 is 0 Å². The molecule has 216 valence electrons. The van der Waals surface area contributed by atoms with E-state index in [1.165, 1.54) is 0 Å². The molecule has 0 aliphatic heterocycles. The first kappa shape index (κ1) is 32.3. The molecule has 15 nitrogen and oxygen atoms in total. The second kappa shape index (κ2) is 13.4. The van der Waals surface area contributed by atoms with Gasteiger partial charge in [-0.1, -0.05) is 6.07 Å². The number of rotatable bonds is 3. The van der Waals surface area contributed by atoms with Gasteiger partial charge in [0.1, 0.15) is 67.5 Å². The zero-order chi connectivity index (χ0) is 30.1. The molecule has 6 N–H and O–H groups in total. The molecule has 40 heavy (non-hydrogen) atoms. The van der Waals surface area contributed by atoms with Gasteiger partial charge in [-0.3, -0.25) is 0 Å². The highest BCUT2D eigenvalue weighted by atomic mass is 32.2. The van der Waals surface area contributed by atoms with Crippen molar-refractivity contribution in [1.29, 1.82) is 0 Å². The van der Waals surface area contributed by atoms with Crippen LogP contribution in [0.5, 0.6) is 0 Å². The Kier molecular flexibility index (Phi) is 10.8. The lowest BCUT2D eigenvalue weighted by Crippen LogP contribution is -2.05. The standard InChI is InChI=1S/C10H8O9S3.3C4H6N2/c11-20(12,13)7-1-2-9-6(3-7)4-8(21(14,15)16)5-10(9)22(17,18)19;3*1-4-5-2-3-6-4/h1-5H,(H,11,12,13)(H,14,15,16)(H,17,18,19);3*2-3H,1H3,(H,5,6). The van der Waals surface area contributed by atoms with E-state index in [1.54, 1.807) is 0 Å². The largest absolute Gasteiger partial charge is 0.744 e. The quantitative estimate of drug-likeness (QED) is 0.230. The van der Waals surface area contributed by atoms with Crippen LogP contribution in [0, 0.1) is 20.8 Å². The Morgan fingerprint density at radius 3 is 1.25 bits per heavy atom. The van der Waals surface area contributed by atoms with Crippen LogP contribution in [0.15, 0.2) is 82.2 Å².